The molecule has 0 radical (unpaired) electrons. The first-order valence-electron chi connectivity index (χ1n) is 9.85. The van der Waals surface area contributed by atoms with Gasteiger partial charge in [0.1, 0.15) is 0 Å². The molecule has 1 unspecified atom stereocenters. The number of fused-ring (bicyclic) bond motifs is 1. The molecular formula is C22H23BrN4O2. The van der Waals surface area contributed by atoms with E-state index in [1.54, 1.807) is 0 Å². The number of amides is 1. The molecule has 1 aromatic heterocycles. The summed E-state index contributed by atoms with van der Waals surface area (Å²) in [5, 5.41) is 3.03. The second kappa shape index (κ2) is 8.78. The highest BCUT2D eigenvalue weighted by Gasteiger charge is 2.29. The predicted octanol–water partition coefficient (Wildman–Crippen LogP) is 4.65. The van der Waals surface area contributed by atoms with Crippen molar-refractivity contribution in [3.05, 3.63) is 53.0 Å². The Bertz CT molecular complexity index is 1010. The van der Waals surface area contributed by atoms with Crippen LogP contribution in [0.25, 0.3) is 11.0 Å². The molecule has 1 atom stereocenters. The number of halogens is 1. The molecule has 1 saturated heterocycles. The van der Waals surface area contributed by atoms with Crippen molar-refractivity contribution in [2.75, 3.05) is 29.9 Å². The number of ether oxygens (including phenoxy) is 1. The average Bonchev–Trinajstić information content (AvgIpc) is 2.75. The SMILES string of the molecule is CCOc1nc2ccccc2nc1N1CCCC(C(=O)Nc2ccc(Br)cc2)C1. The average molecular weight is 455 g/mol. The number of hydrogen-bond acceptors (Lipinski definition) is 5. The largest absolute Gasteiger partial charge is 0.475 e. The standard InChI is InChI=1S/C22H23BrN4O2/c1-2-29-22-20(25-18-7-3-4-8-19(18)26-22)27-13-5-6-15(14-27)21(28)24-17-11-9-16(23)10-12-17/h3-4,7-12,15H,2,5-6,13-14H2,1H3,(H,24,28). The second-order valence-electron chi connectivity index (χ2n) is 7.06. The van der Waals surface area contributed by atoms with Crippen molar-refractivity contribution >= 4 is 44.4 Å². The Labute approximate surface area is 178 Å². The maximum Gasteiger partial charge on any atom is 0.258 e. The molecule has 2 heterocycles. The van der Waals surface area contributed by atoms with Gasteiger partial charge in [-0.05, 0) is 56.2 Å². The summed E-state index contributed by atoms with van der Waals surface area (Å²) in [6.07, 6.45) is 1.77. The Morgan fingerprint density at radius 3 is 2.62 bits per heavy atom. The van der Waals surface area contributed by atoms with Gasteiger partial charge in [0.15, 0.2) is 5.82 Å². The normalized spacial score (nSPS) is 16.6. The molecule has 1 aliphatic rings. The number of piperidine rings is 1. The van der Waals surface area contributed by atoms with Crippen LogP contribution in [0.2, 0.25) is 0 Å². The Morgan fingerprint density at radius 1 is 1.17 bits per heavy atom. The minimum absolute atomic E-state index is 0.0312. The molecule has 1 fully saturated rings. The van der Waals surface area contributed by atoms with Crippen LogP contribution in [0.4, 0.5) is 11.5 Å². The summed E-state index contributed by atoms with van der Waals surface area (Å²) in [5.74, 6) is 1.16. The monoisotopic (exact) mass is 454 g/mol. The molecule has 0 bridgehead atoms. The number of aromatic nitrogens is 2. The van der Waals surface area contributed by atoms with Gasteiger partial charge in [0, 0.05) is 23.2 Å². The number of nitrogens with one attached hydrogen (secondary N) is 1. The molecule has 150 valence electrons. The summed E-state index contributed by atoms with van der Waals surface area (Å²) in [5.41, 5.74) is 2.43. The maximum atomic E-state index is 12.8. The van der Waals surface area contributed by atoms with Crippen molar-refractivity contribution in [3.8, 4) is 5.88 Å². The van der Waals surface area contributed by atoms with Crippen molar-refractivity contribution in [1.82, 2.24) is 9.97 Å². The Hall–Kier alpha value is -2.67. The van der Waals surface area contributed by atoms with Crippen LogP contribution in [-0.4, -0.2) is 35.6 Å². The number of anilines is 2. The van der Waals surface area contributed by atoms with Gasteiger partial charge < -0.3 is 15.0 Å². The molecular weight excluding hydrogens is 432 g/mol. The molecule has 0 spiro atoms. The number of rotatable bonds is 5. The maximum absolute atomic E-state index is 12.8. The number of nitrogens with zero attached hydrogens (tertiary/aromatic N) is 3. The first-order chi connectivity index (χ1) is 14.1. The summed E-state index contributed by atoms with van der Waals surface area (Å²) in [4.78, 5) is 24.4. The molecule has 6 nitrogen and oxygen atoms in total. The Morgan fingerprint density at radius 2 is 1.90 bits per heavy atom. The summed E-state index contributed by atoms with van der Waals surface area (Å²) in [7, 11) is 0. The molecule has 4 rings (SSSR count). The van der Waals surface area contributed by atoms with Crippen LogP contribution in [0.3, 0.4) is 0 Å². The fourth-order valence-electron chi connectivity index (χ4n) is 3.58. The van der Waals surface area contributed by atoms with E-state index in [1.165, 1.54) is 0 Å². The number of carbonyl (C=O) groups excluding carboxylic acids is 1. The summed E-state index contributed by atoms with van der Waals surface area (Å²) in [6, 6.07) is 15.4. The van der Waals surface area contributed by atoms with Gasteiger partial charge in [-0.25, -0.2) is 9.97 Å². The molecule has 1 aliphatic heterocycles. The third kappa shape index (κ3) is 4.50. The van der Waals surface area contributed by atoms with Gasteiger partial charge in [-0.2, -0.15) is 0 Å². The van der Waals surface area contributed by atoms with Crippen molar-refractivity contribution in [2.24, 2.45) is 5.92 Å². The molecule has 7 heteroatoms. The summed E-state index contributed by atoms with van der Waals surface area (Å²) < 4.78 is 6.76. The van der Waals surface area contributed by atoms with Gasteiger partial charge in [0.2, 0.25) is 5.91 Å². The zero-order valence-electron chi connectivity index (χ0n) is 16.3. The molecule has 1 amide bonds. The van der Waals surface area contributed by atoms with Gasteiger partial charge in [0.05, 0.1) is 23.6 Å². The highest BCUT2D eigenvalue weighted by molar-refractivity contribution is 9.10. The lowest BCUT2D eigenvalue weighted by molar-refractivity contribution is -0.120. The topological polar surface area (TPSA) is 67.4 Å². The Kier molecular flexibility index (Phi) is 5.94. The van der Waals surface area contributed by atoms with Crippen molar-refractivity contribution in [2.45, 2.75) is 19.8 Å². The van der Waals surface area contributed by atoms with Crippen LogP contribution in [0, 0.1) is 5.92 Å². The third-order valence-corrected chi connectivity index (χ3v) is 5.53. The van der Waals surface area contributed by atoms with Gasteiger partial charge in [-0.15, -0.1) is 0 Å². The lowest BCUT2D eigenvalue weighted by Gasteiger charge is -2.33. The van der Waals surface area contributed by atoms with Gasteiger partial charge >= 0.3 is 0 Å². The van der Waals surface area contributed by atoms with E-state index in [-0.39, 0.29) is 11.8 Å². The fraction of sp³-hybridized carbons (Fsp3) is 0.318. The first kappa shape index (κ1) is 19.6. The number of carbonyl (C=O) groups is 1. The van der Waals surface area contributed by atoms with E-state index in [0.717, 1.165) is 40.6 Å². The highest BCUT2D eigenvalue weighted by atomic mass is 79.9. The molecule has 29 heavy (non-hydrogen) atoms. The molecule has 2 aromatic carbocycles. The molecule has 1 N–H and O–H groups in total. The second-order valence-corrected chi connectivity index (χ2v) is 7.97. The number of hydrogen-bond donors (Lipinski definition) is 1. The first-order valence-corrected chi connectivity index (χ1v) is 10.6. The number of para-hydroxylation sites is 2. The van der Waals surface area contributed by atoms with Gasteiger partial charge in [-0.1, -0.05) is 28.1 Å². The van der Waals surface area contributed by atoms with Crippen LogP contribution in [-0.2, 0) is 4.79 Å². The van der Waals surface area contributed by atoms with E-state index in [9.17, 15) is 4.79 Å². The summed E-state index contributed by atoms with van der Waals surface area (Å²) >= 11 is 3.41. The van der Waals surface area contributed by atoms with E-state index in [4.69, 9.17) is 9.72 Å². The minimum atomic E-state index is -0.116. The van der Waals surface area contributed by atoms with Crippen LogP contribution in [0.1, 0.15) is 19.8 Å². The van der Waals surface area contributed by atoms with Crippen LogP contribution < -0.4 is 15.0 Å². The number of benzene rings is 2. The predicted molar refractivity (Wildman–Crippen MR) is 118 cm³/mol. The quantitative estimate of drug-likeness (QED) is 0.607. The zero-order valence-corrected chi connectivity index (χ0v) is 17.9. The van der Waals surface area contributed by atoms with Crippen LogP contribution in [0.5, 0.6) is 5.88 Å². The Balaban J connectivity index is 1.55. The van der Waals surface area contributed by atoms with E-state index in [0.29, 0.717) is 24.8 Å². The highest BCUT2D eigenvalue weighted by Crippen LogP contribution is 2.31. The fourth-order valence-corrected chi connectivity index (χ4v) is 3.84. The van der Waals surface area contributed by atoms with E-state index in [2.05, 4.69) is 31.1 Å². The van der Waals surface area contributed by atoms with Gasteiger partial charge in [-0.3, -0.25) is 4.79 Å². The third-order valence-electron chi connectivity index (χ3n) is 5.01. The lowest BCUT2D eigenvalue weighted by atomic mass is 9.97. The van der Waals surface area contributed by atoms with E-state index >= 15 is 0 Å². The van der Waals surface area contributed by atoms with Crippen molar-refractivity contribution in [3.63, 3.8) is 0 Å². The lowest BCUT2D eigenvalue weighted by Crippen LogP contribution is -2.41. The van der Waals surface area contributed by atoms with Crippen molar-refractivity contribution in [1.29, 1.82) is 0 Å². The molecule has 3 aromatic rings. The van der Waals surface area contributed by atoms with E-state index < -0.39 is 0 Å². The minimum Gasteiger partial charge on any atom is -0.475 e. The summed E-state index contributed by atoms with van der Waals surface area (Å²) in [6.45, 7) is 3.87. The van der Waals surface area contributed by atoms with E-state index in [1.807, 2.05) is 55.5 Å². The molecule has 0 saturated carbocycles. The van der Waals surface area contributed by atoms with Gasteiger partial charge in [0.25, 0.3) is 5.88 Å². The van der Waals surface area contributed by atoms with Crippen molar-refractivity contribution < 1.29 is 9.53 Å². The molecule has 0 aliphatic carbocycles. The smallest absolute Gasteiger partial charge is 0.258 e. The van der Waals surface area contributed by atoms with Crippen LogP contribution >= 0.6 is 15.9 Å². The van der Waals surface area contributed by atoms with Crippen LogP contribution in [0.15, 0.2) is 53.0 Å². The zero-order chi connectivity index (χ0) is 20.2.